The first-order valence-electron chi connectivity index (χ1n) is 7.77. The maximum absolute atomic E-state index is 12.7. The van der Waals surface area contributed by atoms with E-state index in [1.54, 1.807) is 0 Å². The van der Waals surface area contributed by atoms with Gasteiger partial charge in [-0.3, -0.25) is 14.4 Å². The zero-order chi connectivity index (χ0) is 18.3. The molecule has 1 N–H and O–H groups in total. The van der Waals surface area contributed by atoms with Gasteiger partial charge in [0.1, 0.15) is 12.1 Å². The quantitative estimate of drug-likeness (QED) is 0.802. The van der Waals surface area contributed by atoms with Gasteiger partial charge >= 0.3 is 0 Å². The molecule has 2 heterocycles. The third-order valence-electron chi connectivity index (χ3n) is 4.62. The number of carbonyl (C=O) groups is 3. The molecule has 9 heteroatoms. The number of amides is 3. The van der Waals surface area contributed by atoms with Gasteiger partial charge in [0.15, 0.2) is 0 Å². The van der Waals surface area contributed by atoms with Crippen molar-refractivity contribution in [3.05, 3.63) is 33.8 Å². The van der Waals surface area contributed by atoms with Crippen molar-refractivity contribution in [1.82, 2.24) is 14.7 Å². The second-order valence-electron chi connectivity index (χ2n) is 6.10. The summed E-state index contributed by atoms with van der Waals surface area (Å²) in [6, 6.07) is 2.96. The van der Waals surface area contributed by atoms with Crippen molar-refractivity contribution < 1.29 is 19.5 Å². The molecule has 1 aromatic rings. The van der Waals surface area contributed by atoms with Crippen LogP contribution in [0.25, 0.3) is 0 Å². The van der Waals surface area contributed by atoms with Crippen LogP contribution in [0.2, 0.25) is 10.0 Å². The number of aliphatic hydroxyl groups is 1. The van der Waals surface area contributed by atoms with Gasteiger partial charge in [-0.1, -0.05) is 23.2 Å². The highest BCUT2D eigenvalue weighted by Crippen LogP contribution is 2.24. The van der Waals surface area contributed by atoms with Gasteiger partial charge in [0, 0.05) is 35.7 Å². The molecule has 0 bridgehead atoms. The van der Waals surface area contributed by atoms with Crippen LogP contribution >= 0.6 is 23.2 Å². The van der Waals surface area contributed by atoms with Gasteiger partial charge in [0.25, 0.3) is 5.91 Å². The summed E-state index contributed by atoms with van der Waals surface area (Å²) in [6.07, 6.45) is 0. The smallest absolute Gasteiger partial charge is 0.254 e. The molecule has 2 atom stereocenters. The zero-order valence-corrected chi connectivity index (χ0v) is 15.0. The number of hydrogen-bond acceptors (Lipinski definition) is 4. The summed E-state index contributed by atoms with van der Waals surface area (Å²) < 4.78 is 0. The molecule has 2 aliphatic heterocycles. The van der Waals surface area contributed by atoms with Crippen molar-refractivity contribution in [3.63, 3.8) is 0 Å². The van der Waals surface area contributed by atoms with Gasteiger partial charge in [-0.15, -0.1) is 0 Å². The highest BCUT2D eigenvalue weighted by molar-refractivity contribution is 6.35. The lowest BCUT2D eigenvalue weighted by atomic mass is 10.0. The van der Waals surface area contributed by atoms with Crippen molar-refractivity contribution in [2.75, 3.05) is 33.3 Å². The largest absolute Gasteiger partial charge is 0.394 e. The maximum Gasteiger partial charge on any atom is 0.254 e. The molecule has 0 aliphatic carbocycles. The Kier molecular flexibility index (Phi) is 4.90. The number of carbonyl (C=O) groups excluding carboxylic acids is 3. The molecule has 2 fully saturated rings. The molecular weight excluding hydrogens is 369 g/mol. The second-order valence-corrected chi connectivity index (χ2v) is 6.98. The van der Waals surface area contributed by atoms with Crippen molar-refractivity contribution in [1.29, 1.82) is 0 Å². The van der Waals surface area contributed by atoms with Gasteiger partial charge in [0.05, 0.1) is 13.2 Å². The first kappa shape index (κ1) is 18.0. The van der Waals surface area contributed by atoms with Crippen LogP contribution in [0.4, 0.5) is 0 Å². The van der Waals surface area contributed by atoms with Crippen LogP contribution in [0, 0.1) is 0 Å². The van der Waals surface area contributed by atoms with Gasteiger partial charge in [-0.05, 0) is 18.2 Å². The molecule has 0 unspecified atom stereocenters. The molecule has 0 radical (unpaired) electrons. The first-order chi connectivity index (χ1) is 11.8. The second kappa shape index (κ2) is 6.82. The standard InChI is InChI=1S/C16H17Cl2N3O4/c1-19-13(8-22)16(25)21-3-2-20(7-12(21)15(19)24)14(23)9-4-10(17)6-11(18)5-9/h4-6,12-13,22H,2-3,7-8H2,1H3/t12-,13+/m1/s1. The SMILES string of the molecule is CN1C(=O)[C@H]2CN(C(=O)c3cc(Cl)cc(Cl)c3)CCN2C(=O)[C@@H]1CO. The monoisotopic (exact) mass is 385 g/mol. The van der Waals surface area contributed by atoms with Crippen molar-refractivity contribution in [2.24, 2.45) is 0 Å². The van der Waals surface area contributed by atoms with Gasteiger partial charge in [-0.25, -0.2) is 0 Å². The molecule has 25 heavy (non-hydrogen) atoms. The molecule has 0 saturated carbocycles. The van der Waals surface area contributed by atoms with Gasteiger partial charge in [0.2, 0.25) is 11.8 Å². The summed E-state index contributed by atoms with van der Waals surface area (Å²) >= 11 is 11.9. The molecule has 1 aromatic carbocycles. The van der Waals surface area contributed by atoms with Crippen LogP contribution in [0.1, 0.15) is 10.4 Å². The van der Waals surface area contributed by atoms with E-state index in [1.807, 2.05) is 0 Å². The van der Waals surface area contributed by atoms with Crippen LogP contribution in [0.3, 0.4) is 0 Å². The third-order valence-corrected chi connectivity index (χ3v) is 5.05. The number of aliphatic hydroxyl groups excluding tert-OH is 1. The number of halogens is 2. The number of likely N-dealkylation sites (N-methyl/N-ethyl adjacent to an activating group) is 1. The van der Waals surface area contributed by atoms with Crippen molar-refractivity contribution in [2.45, 2.75) is 12.1 Å². The Labute approximate surface area is 154 Å². The van der Waals surface area contributed by atoms with Crippen LogP contribution in [0.15, 0.2) is 18.2 Å². The predicted octanol–water partition coefficient (Wildman–Crippen LogP) is 0.479. The van der Waals surface area contributed by atoms with Crippen LogP contribution in [0.5, 0.6) is 0 Å². The first-order valence-corrected chi connectivity index (χ1v) is 8.52. The molecule has 0 spiro atoms. The molecule has 7 nitrogen and oxygen atoms in total. The van der Waals surface area contributed by atoms with E-state index in [9.17, 15) is 19.5 Å². The Morgan fingerprint density at radius 2 is 1.80 bits per heavy atom. The summed E-state index contributed by atoms with van der Waals surface area (Å²) in [4.78, 5) is 41.9. The van der Waals surface area contributed by atoms with Gasteiger partial charge < -0.3 is 19.8 Å². The average Bonchev–Trinajstić information content (AvgIpc) is 2.58. The van der Waals surface area contributed by atoms with E-state index in [2.05, 4.69) is 0 Å². The molecule has 3 rings (SSSR count). The molecule has 2 aliphatic rings. The van der Waals surface area contributed by atoms with E-state index in [0.29, 0.717) is 22.2 Å². The fourth-order valence-corrected chi connectivity index (χ4v) is 3.77. The van der Waals surface area contributed by atoms with E-state index >= 15 is 0 Å². The summed E-state index contributed by atoms with van der Waals surface area (Å²) in [5.41, 5.74) is 0.335. The zero-order valence-electron chi connectivity index (χ0n) is 13.5. The van der Waals surface area contributed by atoms with Crippen LogP contribution < -0.4 is 0 Å². The maximum atomic E-state index is 12.7. The highest BCUT2D eigenvalue weighted by Gasteiger charge is 2.47. The Morgan fingerprint density at radius 1 is 1.16 bits per heavy atom. The number of benzene rings is 1. The van der Waals surface area contributed by atoms with E-state index in [-0.39, 0.29) is 30.8 Å². The minimum absolute atomic E-state index is 0.0933. The van der Waals surface area contributed by atoms with E-state index in [0.717, 1.165) is 0 Å². The van der Waals surface area contributed by atoms with Crippen molar-refractivity contribution in [3.8, 4) is 0 Å². The third kappa shape index (κ3) is 3.19. The Hall–Kier alpha value is -1.83. The topological polar surface area (TPSA) is 81.2 Å². The number of fused-ring (bicyclic) bond motifs is 1. The Bertz CT molecular complexity index is 722. The highest BCUT2D eigenvalue weighted by atomic mass is 35.5. The van der Waals surface area contributed by atoms with E-state index < -0.39 is 18.7 Å². The Balaban J connectivity index is 1.81. The summed E-state index contributed by atoms with van der Waals surface area (Å²) in [5, 5.41) is 10.1. The lowest BCUT2D eigenvalue weighted by molar-refractivity contribution is -0.164. The number of rotatable bonds is 2. The fourth-order valence-electron chi connectivity index (χ4n) is 3.25. The predicted molar refractivity (Wildman–Crippen MR) is 91.5 cm³/mol. The number of piperazine rings is 2. The van der Waals surface area contributed by atoms with E-state index in [1.165, 1.54) is 39.9 Å². The minimum atomic E-state index is -0.863. The summed E-state index contributed by atoms with van der Waals surface area (Å²) in [7, 11) is 1.48. The van der Waals surface area contributed by atoms with Gasteiger partial charge in [-0.2, -0.15) is 0 Å². The summed E-state index contributed by atoms with van der Waals surface area (Å²) in [5.74, 6) is -0.885. The van der Waals surface area contributed by atoms with Crippen LogP contribution in [-0.2, 0) is 9.59 Å². The minimum Gasteiger partial charge on any atom is -0.394 e. The summed E-state index contributed by atoms with van der Waals surface area (Å²) in [6.45, 7) is 0.198. The molecule has 0 aromatic heterocycles. The fraction of sp³-hybridized carbons (Fsp3) is 0.438. The molecule has 3 amide bonds. The average molecular weight is 386 g/mol. The molecule has 2 saturated heterocycles. The Morgan fingerprint density at radius 3 is 2.40 bits per heavy atom. The lowest BCUT2D eigenvalue weighted by Crippen LogP contribution is -2.70. The van der Waals surface area contributed by atoms with E-state index in [4.69, 9.17) is 23.2 Å². The number of hydrogen-bond donors (Lipinski definition) is 1. The normalized spacial score (nSPS) is 23.8. The number of nitrogens with zero attached hydrogens (tertiary/aromatic N) is 3. The van der Waals surface area contributed by atoms with Crippen LogP contribution in [-0.4, -0.2) is 82.9 Å². The molecular formula is C16H17Cl2N3O4. The lowest BCUT2D eigenvalue weighted by Gasteiger charge is -2.47. The van der Waals surface area contributed by atoms with Crippen molar-refractivity contribution >= 4 is 40.9 Å². The molecule has 134 valence electrons.